The highest BCUT2D eigenvalue weighted by atomic mass is 16.5. The summed E-state index contributed by atoms with van der Waals surface area (Å²) < 4.78 is 9.31. The number of piperidine rings is 1. The van der Waals surface area contributed by atoms with Crippen molar-refractivity contribution in [1.29, 1.82) is 0 Å². The molecule has 0 bridgehead atoms. The predicted molar refractivity (Wildman–Crippen MR) is 126 cm³/mol. The molecule has 0 radical (unpaired) electrons. The van der Waals surface area contributed by atoms with E-state index in [4.69, 9.17) is 14.7 Å². The van der Waals surface area contributed by atoms with Crippen molar-refractivity contribution >= 4 is 28.5 Å². The van der Waals surface area contributed by atoms with E-state index in [-0.39, 0.29) is 6.73 Å². The van der Waals surface area contributed by atoms with E-state index in [9.17, 15) is 5.11 Å². The number of rotatable bonds is 7. The maximum absolute atomic E-state index is 10.0. The zero-order valence-electron chi connectivity index (χ0n) is 18.8. The molecule has 2 saturated heterocycles. The Morgan fingerprint density at radius 1 is 1.12 bits per heavy atom. The Hall–Kier alpha value is -2.69. The van der Waals surface area contributed by atoms with E-state index in [1.165, 1.54) is 18.4 Å². The van der Waals surface area contributed by atoms with Crippen LogP contribution in [0.15, 0.2) is 18.6 Å². The molecule has 0 amide bonds. The Bertz CT molecular complexity index is 1110. The molecule has 3 aromatic rings. The minimum atomic E-state index is -0.105. The van der Waals surface area contributed by atoms with Gasteiger partial charge in [-0.15, -0.1) is 0 Å². The summed E-state index contributed by atoms with van der Waals surface area (Å²) in [5.74, 6) is 1.89. The largest absolute Gasteiger partial charge is 0.381 e. The number of aromatic nitrogens is 5. The monoisotopic (exact) mass is 452 g/mol. The molecule has 4 N–H and O–H groups in total. The minimum absolute atomic E-state index is 0.105. The highest BCUT2D eigenvalue weighted by Gasteiger charge is 2.30. The lowest BCUT2D eigenvalue weighted by molar-refractivity contribution is 0.0662. The summed E-state index contributed by atoms with van der Waals surface area (Å²) in [6.45, 7) is 3.44. The van der Waals surface area contributed by atoms with Crippen molar-refractivity contribution in [3.63, 3.8) is 0 Å². The molecule has 33 heavy (non-hydrogen) atoms. The summed E-state index contributed by atoms with van der Waals surface area (Å²) in [5.41, 5.74) is 2.86. The van der Waals surface area contributed by atoms with Gasteiger partial charge in [-0.2, -0.15) is 15.1 Å². The zero-order valence-corrected chi connectivity index (χ0v) is 18.8. The third-order valence-electron chi connectivity index (χ3n) is 6.98. The highest BCUT2D eigenvalue weighted by molar-refractivity contribution is 5.93. The molecule has 0 spiro atoms. The van der Waals surface area contributed by atoms with Crippen molar-refractivity contribution in [2.45, 2.75) is 63.3 Å². The quantitative estimate of drug-likeness (QED) is 0.433. The molecule has 1 atom stereocenters. The van der Waals surface area contributed by atoms with Gasteiger partial charge in [0.05, 0.1) is 23.3 Å². The van der Waals surface area contributed by atoms with Gasteiger partial charge in [0.1, 0.15) is 18.2 Å². The van der Waals surface area contributed by atoms with Gasteiger partial charge >= 0.3 is 0 Å². The first-order valence-electron chi connectivity index (χ1n) is 12.2. The third kappa shape index (κ3) is 4.30. The smallest absolute Gasteiger partial charge is 0.231 e. The first-order valence-corrected chi connectivity index (χ1v) is 12.2. The lowest BCUT2D eigenvalue weighted by atomic mass is 10.1. The number of fused-ring (bicyclic) bond motifs is 1. The molecule has 6 rings (SSSR count). The maximum atomic E-state index is 10.0. The first-order chi connectivity index (χ1) is 16.3. The van der Waals surface area contributed by atoms with Gasteiger partial charge in [0.15, 0.2) is 0 Å². The Balaban J connectivity index is 1.34. The molecule has 5 heterocycles. The molecule has 1 saturated carbocycles. The molecular weight excluding hydrogens is 420 g/mol. The molecule has 10 heteroatoms. The standard InChI is InChI=1S/C23H32N8O2/c32-14-30-13-19(15-3-4-15)20-21(26-16-2-1-7-24-10-16)28-23(29-22(20)30)27-17-11-25-31(12-17)18-5-8-33-9-6-18/h11-13,15-16,18,24,32H,1-10,14H2,(H2,26,27,28,29). The van der Waals surface area contributed by atoms with E-state index in [2.05, 4.69) is 21.0 Å². The van der Waals surface area contributed by atoms with Gasteiger partial charge in [-0.25, -0.2) is 0 Å². The second kappa shape index (κ2) is 8.92. The number of aliphatic hydroxyl groups excluding tert-OH is 1. The molecule has 0 aromatic carbocycles. The highest BCUT2D eigenvalue weighted by Crippen LogP contribution is 2.45. The van der Waals surface area contributed by atoms with Gasteiger partial charge in [-0.05, 0) is 56.6 Å². The topological polar surface area (TPSA) is 114 Å². The fourth-order valence-corrected chi connectivity index (χ4v) is 5.04. The van der Waals surface area contributed by atoms with Crippen LogP contribution in [0.4, 0.5) is 17.5 Å². The van der Waals surface area contributed by atoms with E-state index in [1.54, 1.807) is 0 Å². The van der Waals surface area contributed by atoms with Crippen LogP contribution in [-0.2, 0) is 11.5 Å². The van der Waals surface area contributed by atoms with Gasteiger partial charge in [0, 0.05) is 38.2 Å². The molecule has 176 valence electrons. The van der Waals surface area contributed by atoms with Crippen LogP contribution in [0, 0.1) is 0 Å². The molecule has 1 aliphatic carbocycles. The van der Waals surface area contributed by atoms with Crippen LogP contribution in [0.5, 0.6) is 0 Å². The number of hydrogen-bond donors (Lipinski definition) is 4. The van der Waals surface area contributed by atoms with Crippen molar-refractivity contribution in [2.75, 3.05) is 36.9 Å². The van der Waals surface area contributed by atoms with E-state index < -0.39 is 0 Å². The number of anilines is 3. The average molecular weight is 453 g/mol. The second-order valence-electron chi connectivity index (χ2n) is 9.43. The lowest BCUT2D eigenvalue weighted by Crippen LogP contribution is -2.38. The number of ether oxygens (including phenoxy) is 1. The molecule has 3 fully saturated rings. The predicted octanol–water partition coefficient (Wildman–Crippen LogP) is 2.71. The van der Waals surface area contributed by atoms with Gasteiger partial charge in [-0.1, -0.05) is 0 Å². The van der Waals surface area contributed by atoms with Crippen molar-refractivity contribution in [3.05, 3.63) is 24.2 Å². The summed E-state index contributed by atoms with van der Waals surface area (Å²) in [4.78, 5) is 9.73. The molecule has 3 aliphatic rings. The van der Waals surface area contributed by atoms with Gasteiger partial charge in [0.25, 0.3) is 0 Å². The summed E-state index contributed by atoms with van der Waals surface area (Å²) in [5, 5.41) is 26.1. The second-order valence-corrected chi connectivity index (χ2v) is 9.43. The normalized spacial score (nSPS) is 22.0. The molecule has 10 nitrogen and oxygen atoms in total. The number of hydrogen-bond acceptors (Lipinski definition) is 8. The van der Waals surface area contributed by atoms with Gasteiger partial charge < -0.3 is 30.4 Å². The van der Waals surface area contributed by atoms with E-state index in [0.717, 1.165) is 74.5 Å². The van der Waals surface area contributed by atoms with Crippen LogP contribution in [0.2, 0.25) is 0 Å². The Morgan fingerprint density at radius 3 is 2.76 bits per heavy atom. The maximum Gasteiger partial charge on any atom is 0.231 e. The summed E-state index contributed by atoms with van der Waals surface area (Å²) in [7, 11) is 0. The van der Waals surface area contributed by atoms with Crippen LogP contribution >= 0.6 is 0 Å². The Kier molecular flexibility index (Phi) is 5.65. The van der Waals surface area contributed by atoms with Crippen molar-refractivity contribution in [2.24, 2.45) is 0 Å². The molecular formula is C23H32N8O2. The van der Waals surface area contributed by atoms with Gasteiger partial charge in [0.2, 0.25) is 5.95 Å². The van der Waals surface area contributed by atoms with Gasteiger partial charge in [-0.3, -0.25) is 4.68 Å². The fraction of sp³-hybridized carbons (Fsp3) is 0.609. The molecule has 2 aliphatic heterocycles. The van der Waals surface area contributed by atoms with Crippen molar-refractivity contribution < 1.29 is 9.84 Å². The summed E-state index contributed by atoms with van der Waals surface area (Å²) >= 11 is 0. The average Bonchev–Trinajstić information content (AvgIpc) is 3.48. The van der Waals surface area contributed by atoms with Crippen molar-refractivity contribution in [3.8, 4) is 0 Å². The summed E-state index contributed by atoms with van der Waals surface area (Å²) in [6.07, 6.45) is 12.5. The van der Waals surface area contributed by atoms with E-state index in [0.29, 0.717) is 23.9 Å². The number of nitrogens with one attached hydrogen (secondary N) is 3. The Labute approximate surface area is 192 Å². The van der Waals surface area contributed by atoms with E-state index in [1.807, 2.05) is 27.8 Å². The molecule has 1 unspecified atom stereocenters. The van der Waals surface area contributed by atoms with Crippen molar-refractivity contribution in [1.82, 2.24) is 29.6 Å². The van der Waals surface area contributed by atoms with Crippen LogP contribution < -0.4 is 16.0 Å². The van der Waals surface area contributed by atoms with E-state index >= 15 is 0 Å². The number of aliphatic hydroxyl groups is 1. The lowest BCUT2D eigenvalue weighted by Gasteiger charge is -2.25. The first kappa shape index (κ1) is 20.9. The van der Waals surface area contributed by atoms with Crippen LogP contribution in [0.3, 0.4) is 0 Å². The van der Waals surface area contributed by atoms with Crippen LogP contribution in [-0.4, -0.2) is 61.8 Å². The Morgan fingerprint density at radius 2 is 2.00 bits per heavy atom. The summed E-state index contributed by atoms with van der Waals surface area (Å²) in [6, 6.07) is 0.687. The minimum Gasteiger partial charge on any atom is -0.381 e. The van der Waals surface area contributed by atoms with Crippen LogP contribution in [0.1, 0.15) is 56.0 Å². The SMILES string of the molecule is OCn1cc(C2CC2)c2c(NC3CCCNC3)nc(Nc3cnn(C4CCOCC4)c3)nc21. The number of nitrogens with zero attached hydrogens (tertiary/aromatic N) is 5. The van der Waals surface area contributed by atoms with Crippen LogP contribution in [0.25, 0.3) is 11.0 Å². The zero-order chi connectivity index (χ0) is 22.2. The molecule has 3 aromatic heterocycles. The third-order valence-corrected chi connectivity index (χ3v) is 6.98. The fourth-order valence-electron chi connectivity index (χ4n) is 5.04.